The average Bonchev–Trinajstić information content (AvgIpc) is 2.10. The lowest BCUT2D eigenvalue weighted by atomic mass is 9.94. The summed E-state index contributed by atoms with van der Waals surface area (Å²) in [5, 5.41) is 36.5. The average molecular weight is 206 g/mol. The Morgan fingerprint density at radius 3 is 2.29 bits per heavy atom. The van der Waals surface area contributed by atoms with Crippen LogP contribution in [0.15, 0.2) is 0 Å². The van der Waals surface area contributed by atoms with Gasteiger partial charge in [-0.2, -0.15) is 0 Å². The smallest absolute Gasteiger partial charge is 0.306 e. The molecule has 0 radical (unpaired) electrons. The second-order valence-electron chi connectivity index (χ2n) is 3.45. The lowest BCUT2D eigenvalue weighted by molar-refractivity contribution is -0.219. The standard InChI is InChI=1S/C8H14O6/c1-3-6(11)8(13)7(12)4(14-3)2-5(9)10/h3-4,6-8,11-13H,2H2,1H3,(H,9,10). The van der Waals surface area contributed by atoms with E-state index in [-0.39, 0.29) is 0 Å². The van der Waals surface area contributed by atoms with Gasteiger partial charge >= 0.3 is 5.97 Å². The van der Waals surface area contributed by atoms with Gasteiger partial charge in [0.2, 0.25) is 0 Å². The largest absolute Gasteiger partial charge is 0.481 e. The number of aliphatic hydroxyl groups excluding tert-OH is 3. The number of carboxylic acid groups (broad SMARTS) is 1. The minimum absolute atomic E-state index is 0.394. The van der Waals surface area contributed by atoms with Crippen molar-refractivity contribution in [3.63, 3.8) is 0 Å². The zero-order chi connectivity index (χ0) is 10.9. The Kier molecular flexibility index (Phi) is 3.43. The SMILES string of the molecule is CC1OC(CC(=O)O)C(O)C(O)C1O. The molecule has 14 heavy (non-hydrogen) atoms. The first-order valence-electron chi connectivity index (χ1n) is 4.35. The van der Waals surface area contributed by atoms with Gasteiger partial charge in [-0.05, 0) is 6.92 Å². The predicted molar refractivity (Wildman–Crippen MR) is 44.6 cm³/mol. The second kappa shape index (κ2) is 4.22. The summed E-state index contributed by atoms with van der Waals surface area (Å²) >= 11 is 0. The fourth-order valence-electron chi connectivity index (χ4n) is 1.48. The molecule has 0 amide bonds. The number of rotatable bonds is 2. The van der Waals surface area contributed by atoms with Gasteiger partial charge in [-0.25, -0.2) is 0 Å². The number of carboxylic acids is 1. The van der Waals surface area contributed by atoms with Gasteiger partial charge in [0.05, 0.1) is 18.6 Å². The summed E-state index contributed by atoms with van der Waals surface area (Å²) in [7, 11) is 0. The summed E-state index contributed by atoms with van der Waals surface area (Å²) in [4.78, 5) is 10.4. The zero-order valence-corrected chi connectivity index (χ0v) is 7.70. The number of carbonyl (C=O) groups is 1. The molecule has 1 heterocycles. The molecule has 82 valence electrons. The molecule has 6 nitrogen and oxygen atoms in total. The van der Waals surface area contributed by atoms with Gasteiger partial charge in [0, 0.05) is 0 Å². The third kappa shape index (κ3) is 2.21. The predicted octanol–water partition coefficient (Wildman–Crippen LogP) is -1.67. The van der Waals surface area contributed by atoms with Crippen molar-refractivity contribution in [3.8, 4) is 0 Å². The Morgan fingerprint density at radius 2 is 1.79 bits per heavy atom. The third-order valence-electron chi connectivity index (χ3n) is 2.33. The molecule has 1 fully saturated rings. The van der Waals surface area contributed by atoms with Gasteiger partial charge in [0.25, 0.3) is 0 Å². The molecule has 0 spiro atoms. The Hall–Kier alpha value is -0.690. The van der Waals surface area contributed by atoms with Gasteiger partial charge in [-0.15, -0.1) is 0 Å². The molecule has 6 heteroatoms. The highest BCUT2D eigenvalue weighted by atomic mass is 16.5. The second-order valence-corrected chi connectivity index (χ2v) is 3.45. The van der Waals surface area contributed by atoms with Crippen LogP contribution in [0.3, 0.4) is 0 Å². The van der Waals surface area contributed by atoms with E-state index < -0.39 is 42.9 Å². The molecule has 0 aromatic rings. The number of aliphatic hydroxyl groups is 3. The van der Waals surface area contributed by atoms with Crippen LogP contribution in [-0.2, 0) is 9.53 Å². The van der Waals surface area contributed by atoms with Gasteiger partial charge in [0.15, 0.2) is 0 Å². The van der Waals surface area contributed by atoms with Crippen LogP contribution in [0, 0.1) is 0 Å². The van der Waals surface area contributed by atoms with Crippen LogP contribution >= 0.6 is 0 Å². The maximum atomic E-state index is 10.4. The zero-order valence-electron chi connectivity index (χ0n) is 7.70. The fourth-order valence-corrected chi connectivity index (χ4v) is 1.48. The van der Waals surface area contributed by atoms with Crippen LogP contribution in [0.2, 0.25) is 0 Å². The first kappa shape index (κ1) is 11.4. The Labute approximate surface area is 80.7 Å². The minimum Gasteiger partial charge on any atom is -0.481 e. The quantitative estimate of drug-likeness (QED) is 0.430. The summed E-state index contributed by atoms with van der Waals surface area (Å²) in [5.41, 5.74) is 0. The highest BCUT2D eigenvalue weighted by molar-refractivity contribution is 5.67. The topological polar surface area (TPSA) is 107 Å². The van der Waals surface area contributed by atoms with E-state index in [4.69, 9.17) is 9.84 Å². The molecule has 1 saturated heterocycles. The first-order chi connectivity index (χ1) is 6.43. The number of hydrogen-bond donors (Lipinski definition) is 4. The van der Waals surface area contributed by atoms with Gasteiger partial charge in [-0.3, -0.25) is 4.79 Å². The molecule has 0 saturated carbocycles. The van der Waals surface area contributed by atoms with E-state index in [1.165, 1.54) is 6.92 Å². The highest BCUT2D eigenvalue weighted by Gasteiger charge is 2.42. The van der Waals surface area contributed by atoms with Crippen molar-refractivity contribution in [2.24, 2.45) is 0 Å². The van der Waals surface area contributed by atoms with Crippen LogP contribution in [-0.4, -0.2) is 56.9 Å². The molecule has 0 bridgehead atoms. The lowest BCUT2D eigenvalue weighted by Gasteiger charge is -2.38. The molecular formula is C8H14O6. The molecule has 0 aromatic heterocycles. The van der Waals surface area contributed by atoms with Crippen molar-refractivity contribution in [1.82, 2.24) is 0 Å². The van der Waals surface area contributed by atoms with E-state index in [9.17, 15) is 20.1 Å². The number of aliphatic carboxylic acids is 1. The van der Waals surface area contributed by atoms with E-state index in [0.29, 0.717) is 0 Å². The van der Waals surface area contributed by atoms with Crippen molar-refractivity contribution in [2.75, 3.05) is 0 Å². The van der Waals surface area contributed by atoms with Crippen LogP contribution in [0.4, 0.5) is 0 Å². The van der Waals surface area contributed by atoms with Gasteiger partial charge in [0.1, 0.15) is 18.3 Å². The van der Waals surface area contributed by atoms with Crippen molar-refractivity contribution < 1.29 is 30.0 Å². The molecular weight excluding hydrogens is 192 g/mol. The number of ether oxygens (including phenoxy) is 1. The van der Waals surface area contributed by atoms with Crippen molar-refractivity contribution >= 4 is 5.97 Å². The monoisotopic (exact) mass is 206 g/mol. The van der Waals surface area contributed by atoms with Crippen molar-refractivity contribution in [2.45, 2.75) is 43.9 Å². The fraction of sp³-hybridized carbons (Fsp3) is 0.875. The molecule has 0 aromatic carbocycles. The van der Waals surface area contributed by atoms with Crippen LogP contribution in [0.1, 0.15) is 13.3 Å². The normalized spacial score (nSPS) is 43.6. The molecule has 5 unspecified atom stereocenters. The summed E-state index contributed by atoms with van der Waals surface area (Å²) in [6.07, 6.45) is -5.95. The Morgan fingerprint density at radius 1 is 1.21 bits per heavy atom. The van der Waals surface area contributed by atoms with E-state index in [2.05, 4.69) is 0 Å². The maximum absolute atomic E-state index is 10.4. The summed E-state index contributed by atoms with van der Waals surface area (Å²) in [5.74, 6) is -1.12. The Bertz CT molecular complexity index is 218. The van der Waals surface area contributed by atoms with Gasteiger partial charge < -0.3 is 25.2 Å². The maximum Gasteiger partial charge on any atom is 0.306 e. The van der Waals surface area contributed by atoms with E-state index in [1.807, 2.05) is 0 Å². The molecule has 1 aliphatic heterocycles. The number of hydrogen-bond acceptors (Lipinski definition) is 5. The Balaban J connectivity index is 2.65. The van der Waals surface area contributed by atoms with Crippen molar-refractivity contribution in [1.29, 1.82) is 0 Å². The minimum atomic E-state index is -1.36. The summed E-state index contributed by atoms with van der Waals surface area (Å²) < 4.78 is 5.05. The van der Waals surface area contributed by atoms with E-state index in [0.717, 1.165) is 0 Å². The highest BCUT2D eigenvalue weighted by Crippen LogP contribution is 2.22. The van der Waals surface area contributed by atoms with E-state index >= 15 is 0 Å². The molecule has 4 N–H and O–H groups in total. The van der Waals surface area contributed by atoms with Crippen LogP contribution in [0.25, 0.3) is 0 Å². The van der Waals surface area contributed by atoms with Gasteiger partial charge in [-0.1, -0.05) is 0 Å². The van der Waals surface area contributed by atoms with Crippen molar-refractivity contribution in [3.05, 3.63) is 0 Å². The first-order valence-corrected chi connectivity index (χ1v) is 4.35. The summed E-state index contributed by atoms with van der Waals surface area (Å²) in [6.45, 7) is 1.51. The third-order valence-corrected chi connectivity index (χ3v) is 2.33. The van der Waals surface area contributed by atoms with Crippen LogP contribution in [0.5, 0.6) is 0 Å². The molecule has 1 rings (SSSR count). The van der Waals surface area contributed by atoms with E-state index in [1.54, 1.807) is 0 Å². The lowest BCUT2D eigenvalue weighted by Crippen LogP contribution is -2.56. The molecule has 1 aliphatic rings. The summed E-state index contributed by atoms with van der Waals surface area (Å²) in [6, 6.07) is 0. The van der Waals surface area contributed by atoms with Crippen LogP contribution < -0.4 is 0 Å². The molecule has 5 atom stereocenters. The molecule has 0 aliphatic carbocycles.